The third kappa shape index (κ3) is 9.86. The van der Waals surface area contributed by atoms with Crippen molar-refractivity contribution in [1.29, 1.82) is 0 Å². The topological polar surface area (TPSA) is 178 Å². The summed E-state index contributed by atoms with van der Waals surface area (Å²) in [6, 6.07) is -1.06. The molecule has 11 heteroatoms. The van der Waals surface area contributed by atoms with Crippen molar-refractivity contribution in [2.24, 2.45) is 79.7 Å². The van der Waals surface area contributed by atoms with Crippen LogP contribution in [0.25, 0.3) is 0 Å². The Bertz CT molecular complexity index is 1850. The Morgan fingerprint density at radius 3 is 1.75 bits per heavy atom. The van der Waals surface area contributed by atoms with Crippen molar-refractivity contribution in [1.82, 2.24) is 4.90 Å². The number of hydrogen-bond donors (Lipinski definition) is 1. The minimum atomic E-state index is -0.997. The van der Waals surface area contributed by atoms with Crippen LogP contribution in [-0.4, -0.2) is 70.3 Å². The zero-order valence-corrected chi connectivity index (χ0v) is 39.9. The first-order valence-electron chi connectivity index (χ1n) is 25.7. The second-order valence-corrected chi connectivity index (χ2v) is 23.7. The smallest absolute Gasteiger partial charge is 0.285 e. The highest BCUT2D eigenvalue weighted by atomic mass is 16.2. The number of Topliss-reactive ketones (excluding diaryl/α,β-unsaturated/α-hetero) is 5. The lowest BCUT2D eigenvalue weighted by Gasteiger charge is -2.36. The van der Waals surface area contributed by atoms with Gasteiger partial charge in [-0.1, -0.05) is 98.8 Å². The van der Waals surface area contributed by atoms with Gasteiger partial charge in [-0.05, 0) is 111 Å². The number of isocyanates is 1. The lowest BCUT2D eigenvalue weighted by molar-refractivity contribution is -0.147. The molecule has 1 saturated heterocycles. The quantitative estimate of drug-likeness (QED) is 0.0759. The summed E-state index contributed by atoms with van der Waals surface area (Å²) in [7, 11) is 0. The number of carbonyl (C=O) groups is 7. The molecule has 2 N–H and O–H groups in total. The van der Waals surface area contributed by atoms with Crippen LogP contribution >= 0.6 is 0 Å². The van der Waals surface area contributed by atoms with Crippen molar-refractivity contribution in [3.05, 3.63) is 0 Å². The van der Waals surface area contributed by atoms with Gasteiger partial charge in [-0.3, -0.25) is 33.6 Å². The molecule has 0 radical (unpaired) electrons. The number of rotatable bonds is 19. The maximum absolute atomic E-state index is 14.9. The van der Waals surface area contributed by atoms with Gasteiger partial charge in [0.05, 0.1) is 6.04 Å². The van der Waals surface area contributed by atoms with Crippen molar-refractivity contribution in [2.75, 3.05) is 6.54 Å². The first-order chi connectivity index (χ1) is 30.4. The van der Waals surface area contributed by atoms with Crippen molar-refractivity contribution in [3.63, 3.8) is 0 Å². The molecule has 1 aliphatic heterocycles. The van der Waals surface area contributed by atoms with Crippen LogP contribution in [0.1, 0.15) is 195 Å². The van der Waals surface area contributed by atoms with E-state index in [2.05, 4.69) is 18.8 Å². The number of hydrogen-bond acceptors (Lipinski definition) is 9. The molecule has 0 bridgehead atoms. The van der Waals surface area contributed by atoms with Crippen molar-refractivity contribution < 1.29 is 38.4 Å². The normalized spacial score (nSPS) is 28.3. The van der Waals surface area contributed by atoms with Gasteiger partial charge in [0.1, 0.15) is 17.6 Å². The summed E-state index contributed by atoms with van der Waals surface area (Å²) in [5.41, 5.74) is 4.82. The van der Waals surface area contributed by atoms with E-state index in [0.717, 1.165) is 103 Å². The SMILES string of the molecule is CC(C)(C)[C@H](CC(=O)C[C@H](C(=O)C1CC1)C1CCCCC1)C(=O)N1CC2(C[C@H]1C(=O)CC(CC1CCC1)C(=O)C(N)=O)C(C)(C)C21CCC1.O=C=N[C@H](C(=O)C1CC1)C1CCCCC1. The van der Waals surface area contributed by atoms with Crippen LogP contribution in [0.15, 0.2) is 4.99 Å². The standard InChI is InChI=1S/C41H62N2O6.C12H17NO2/c1-38(2,3)31(22-29(44)21-30(34(46)27-15-16-27)26-13-7-6-8-14-26)37(49)43-24-41(39(4,5)40(41)17-10-18-40)23-32(43)33(45)20-28(35(47)36(42)48)19-25-11-9-12-25;14-8-13-11(12(15)10-6-7-10)9-4-2-1-3-5-9/h25-28,30-32H,6-24H2,1-5H3,(H2,42,48);9-11H,1-7H2/t28?,30-,31+,32-,41?;11-/m00/s1. The number of amides is 2. The number of likely N-dealkylation sites (tertiary alicyclic amines) is 1. The van der Waals surface area contributed by atoms with E-state index >= 15 is 0 Å². The Labute approximate surface area is 382 Å². The highest BCUT2D eigenvalue weighted by molar-refractivity contribution is 6.36. The van der Waals surface area contributed by atoms with E-state index in [1.165, 1.54) is 25.7 Å². The molecule has 0 aromatic carbocycles. The largest absolute Gasteiger partial charge is 0.363 e. The summed E-state index contributed by atoms with van der Waals surface area (Å²) in [5, 5.41) is 0. The molecule has 0 aromatic heterocycles. The van der Waals surface area contributed by atoms with Crippen molar-refractivity contribution in [2.45, 2.75) is 207 Å². The molecule has 8 aliphatic rings. The molecule has 1 heterocycles. The highest BCUT2D eigenvalue weighted by Gasteiger charge is 2.85. The van der Waals surface area contributed by atoms with E-state index in [1.807, 2.05) is 20.8 Å². The van der Waals surface area contributed by atoms with Crippen LogP contribution in [0.2, 0.25) is 0 Å². The molecule has 6 atom stereocenters. The molecular weight excluding hydrogens is 807 g/mol. The Morgan fingerprint density at radius 1 is 0.703 bits per heavy atom. The lowest BCUT2D eigenvalue weighted by atomic mass is 9.72. The minimum absolute atomic E-state index is 0.0236. The van der Waals surface area contributed by atoms with E-state index in [9.17, 15) is 38.4 Å². The second kappa shape index (κ2) is 19.5. The van der Waals surface area contributed by atoms with E-state index < -0.39 is 35.0 Å². The molecule has 2 unspecified atom stereocenters. The lowest BCUT2D eigenvalue weighted by Crippen LogP contribution is -2.48. The van der Waals surface area contributed by atoms with E-state index in [1.54, 1.807) is 11.0 Å². The van der Waals surface area contributed by atoms with Crippen LogP contribution in [0.4, 0.5) is 0 Å². The summed E-state index contributed by atoms with van der Waals surface area (Å²) >= 11 is 0. The fraction of sp³-hybridized carbons (Fsp3) is 0.849. The number of ketones is 5. The molecule has 64 heavy (non-hydrogen) atoms. The van der Waals surface area contributed by atoms with Gasteiger partial charge in [0.2, 0.25) is 17.8 Å². The molecule has 8 fully saturated rings. The number of primary amides is 1. The van der Waals surface area contributed by atoms with Crippen molar-refractivity contribution in [3.8, 4) is 0 Å². The first-order valence-corrected chi connectivity index (χ1v) is 25.7. The number of aliphatic imine (C=N–C) groups is 1. The van der Waals surface area contributed by atoms with Gasteiger partial charge < -0.3 is 10.6 Å². The van der Waals surface area contributed by atoms with E-state index in [0.29, 0.717) is 31.2 Å². The molecule has 7 saturated carbocycles. The maximum Gasteiger partial charge on any atom is 0.285 e. The third-order valence-corrected chi connectivity index (χ3v) is 18.7. The zero-order chi connectivity index (χ0) is 46.2. The average Bonchev–Trinajstić information content (AvgIpc) is 4.18. The molecular formula is C53H79N3O8. The predicted octanol–water partition coefficient (Wildman–Crippen LogP) is 9.04. The summed E-state index contributed by atoms with van der Waals surface area (Å²) in [4.78, 5) is 110. The Kier molecular flexibility index (Phi) is 14.8. The summed E-state index contributed by atoms with van der Waals surface area (Å²) in [5.74, 6) is -2.02. The summed E-state index contributed by atoms with van der Waals surface area (Å²) in [6.45, 7) is 11.0. The Morgan fingerprint density at radius 2 is 1.28 bits per heavy atom. The summed E-state index contributed by atoms with van der Waals surface area (Å²) < 4.78 is 0. The molecule has 11 nitrogen and oxygen atoms in total. The van der Waals surface area contributed by atoms with E-state index in [-0.39, 0.29) is 94.3 Å². The molecule has 7 aliphatic carbocycles. The van der Waals surface area contributed by atoms with Gasteiger partial charge in [0, 0.05) is 60.8 Å². The van der Waals surface area contributed by atoms with Gasteiger partial charge in [0.15, 0.2) is 11.6 Å². The first kappa shape index (κ1) is 48.6. The minimum Gasteiger partial charge on any atom is -0.363 e. The van der Waals surface area contributed by atoms with Gasteiger partial charge in [0.25, 0.3) is 5.91 Å². The maximum atomic E-state index is 14.9. The molecule has 2 amide bonds. The van der Waals surface area contributed by atoms with Gasteiger partial charge in [-0.25, -0.2) is 4.79 Å². The predicted molar refractivity (Wildman–Crippen MR) is 243 cm³/mol. The van der Waals surface area contributed by atoms with Crippen LogP contribution in [0, 0.1) is 69.0 Å². The number of fused-ring (bicyclic) bond motifs is 1. The number of carbonyl (C=O) groups excluding carboxylic acids is 8. The molecule has 2 spiro atoms. The number of nitrogens with two attached hydrogens (primary N) is 1. The van der Waals surface area contributed by atoms with Crippen LogP contribution < -0.4 is 5.73 Å². The monoisotopic (exact) mass is 886 g/mol. The number of nitrogens with zero attached hydrogens (tertiary/aromatic N) is 2. The summed E-state index contributed by atoms with van der Waals surface area (Å²) in [6.07, 6.45) is 24.1. The average molecular weight is 886 g/mol. The van der Waals surface area contributed by atoms with Crippen LogP contribution in [0.3, 0.4) is 0 Å². The molecule has 354 valence electrons. The van der Waals surface area contributed by atoms with Crippen molar-refractivity contribution >= 4 is 46.8 Å². The van der Waals surface area contributed by atoms with Crippen LogP contribution in [0.5, 0.6) is 0 Å². The zero-order valence-electron chi connectivity index (χ0n) is 39.9. The van der Waals surface area contributed by atoms with Gasteiger partial charge in [-0.2, -0.15) is 4.99 Å². The molecule has 0 aromatic rings. The fourth-order valence-electron chi connectivity index (χ4n) is 13.9. The van der Waals surface area contributed by atoms with Crippen LogP contribution in [-0.2, 0) is 38.4 Å². The van der Waals surface area contributed by atoms with Gasteiger partial charge >= 0.3 is 0 Å². The van der Waals surface area contributed by atoms with Gasteiger partial charge in [-0.15, -0.1) is 0 Å². The third-order valence-electron chi connectivity index (χ3n) is 18.7. The van der Waals surface area contributed by atoms with E-state index in [4.69, 9.17) is 5.73 Å². The molecule has 8 rings (SSSR count). The Hall–Kier alpha value is -3.33. The second-order valence-electron chi connectivity index (χ2n) is 23.7. The fourth-order valence-corrected chi connectivity index (χ4v) is 13.9. The highest BCUT2D eigenvalue weighted by Crippen LogP contribution is 2.88. The Balaban J connectivity index is 0.000000344.